The van der Waals surface area contributed by atoms with Crippen LogP contribution in [0.5, 0.6) is 0 Å². The normalized spacial score (nSPS) is 13.2. The van der Waals surface area contributed by atoms with Crippen LogP contribution in [-0.4, -0.2) is 28.8 Å². The van der Waals surface area contributed by atoms with Crippen LogP contribution in [0.15, 0.2) is 0 Å². The van der Waals surface area contributed by atoms with Crippen molar-refractivity contribution in [2.75, 3.05) is 19.0 Å². The quantitative estimate of drug-likeness (QED) is 0.0716. The number of hydrogen-bond acceptors (Lipinski definition) is 2. The second-order valence-electron chi connectivity index (χ2n) is 12.6. The Bertz CT molecular complexity index is 393. The third-order valence-corrected chi connectivity index (χ3v) is 11.1. The van der Waals surface area contributed by atoms with Gasteiger partial charge in [-0.3, -0.25) is 0 Å². The van der Waals surface area contributed by atoms with Crippen molar-refractivity contribution < 1.29 is 9.79 Å². The second kappa shape index (κ2) is 25.6. The molecule has 0 unspecified atom stereocenters. The molecule has 2 nitrogen and oxygen atoms in total. The van der Waals surface area contributed by atoms with Crippen molar-refractivity contribution in [3.05, 3.63) is 0 Å². The van der Waals surface area contributed by atoms with Crippen LogP contribution >= 0.6 is 7.06 Å². The Morgan fingerprint density at radius 2 is 0.472 bits per heavy atom. The van der Waals surface area contributed by atoms with E-state index in [-0.39, 0.29) is 0 Å². The molecule has 0 aromatic heterocycles. The molecule has 0 bridgehead atoms. The maximum absolute atomic E-state index is 10.8. The van der Waals surface area contributed by atoms with Crippen LogP contribution in [0.2, 0.25) is 0 Å². The SMILES string of the molecule is CCCCCCCCCCCCCCCCP(C)(O)(O)CCCCCCCCCCCCCCCC. The average Bonchev–Trinajstić information content (AvgIpc) is 2.84. The molecule has 36 heavy (non-hydrogen) atoms. The van der Waals surface area contributed by atoms with Gasteiger partial charge in [0.1, 0.15) is 0 Å². The smallest absolute Gasteiger partial charge is 0.0654 e. The summed E-state index contributed by atoms with van der Waals surface area (Å²) in [7, 11) is -3.38. The molecule has 0 aromatic rings. The van der Waals surface area contributed by atoms with Crippen LogP contribution < -0.4 is 0 Å². The summed E-state index contributed by atoms with van der Waals surface area (Å²) < 4.78 is 0. The van der Waals surface area contributed by atoms with E-state index in [0.29, 0.717) is 12.3 Å². The molecule has 0 heterocycles. The summed E-state index contributed by atoms with van der Waals surface area (Å²) >= 11 is 0. The summed E-state index contributed by atoms with van der Waals surface area (Å²) in [6.45, 7) is 6.36. The summed E-state index contributed by atoms with van der Waals surface area (Å²) in [5.41, 5.74) is 0. The van der Waals surface area contributed by atoms with E-state index < -0.39 is 7.06 Å². The van der Waals surface area contributed by atoms with E-state index in [1.807, 2.05) is 0 Å². The van der Waals surface area contributed by atoms with E-state index in [4.69, 9.17) is 0 Å². The minimum Gasteiger partial charge on any atom is -0.0654 e. The standard InChI is InChI=1S/C33H71O2P/c1-4-6-8-10-12-14-16-18-20-22-24-26-28-30-32-36(3,34,35)33-31-29-27-25-23-21-19-17-15-13-11-9-7-5-2/h34-35H,4-33H2,1-3H3. The zero-order valence-electron chi connectivity index (χ0n) is 25.6. The molecule has 0 aliphatic heterocycles. The van der Waals surface area contributed by atoms with Crippen LogP contribution in [0.25, 0.3) is 0 Å². The molecule has 0 spiro atoms. The second-order valence-corrected chi connectivity index (χ2v) is 17.3. The Hall–Kier alpha value is 0.350. The van der Waals surface area contributed by atoms with E-state index in [1.165, 1.54) is 167 Å². The average molecular weight is 531 g/mol. The number of rotatable bonds is 30. The van der Waals surface area contributed by atoms with E-state index in [2.05, 4.69) is 13.8 Å². The molecule has 0 radical (unpaired) electrons. The minimum absolute atomic E-state index is 0.655. The molecule has 220 valence electrons. The molecule has 3 heteroatoms. The summed E-state index contributed by atoms with van der Waals surface area (Å²) in [6.07, 6.45) is 39.0. The molecular formula is C33H71O2P. The topological polar surface area (TPSA) is 40.5 Å². The molecule has 0 saturated heterocycles. The Labute approximate surface area is 229 Å². The summed E-state index contributed by atoms with van der Waals surface area (Å²) in [5, 5.41) is 0. The van der Waals surface area contributed by atoms with Gasteiger partial charge in [-0.25, -0.2) is 0 Å². The fraction of sp³-hybridized carbons (Fsp3) is 1.00. The molecule has 0 amide bonds. The molecule has 0 aromatic carbocycles. The summed E-state index contributed by atoms with van der Waals surface area (Å²) in [6, 6.07) is 0. The predicted molar refractivity (Wildman–Crippen MR) is 168 cm³/mol. The van der Waals surface area contributed by atoms with E-state index in [9.17, 15) is 9.79 Å². The summed E-state index contributed by atoms with van der Waals surface area (Å²) in [5.74, 6) is 0. The van der Waals surface area contributed by atoms with Gasteiger partial charge in [0.15, 0.2) is 0 Å². The number of unbranched alkanes of at least 4 members (excludes halogenated alkanes) is 26. The Morgan fingerprint density at radius 1 is 0.306 bits per heavy atom. The van der Waals surface area contributed by atoms with Gasteiger partial charge in [-0.2, -0.15) is 0 Å². The Balaban J connectivity index is 3.43. The monoisotopic (exact) mass is 531 g/mol. The van der Waals surface area contributed by atoms with Gasteiger partial charge in [-0.05, 0) is 0 Å². The van der Waals surface area contributed by atoms with Crippen molar-refractivity contribution in [1.29, 1.82) is 0 Å². The molecule has 0 aliphatic carbocycles. The first-order valence-corrected chi connectivity index (χ1v) is 19.9. The van der Waals surface area contributed by atoms with Crippen molar-refractivity contribution in [3.63, 3.8) is 0 Å². The van der Waals surface area contributed by atoms with Gasteiger partial charge in [0.2, 0.25) is 0 Å². The van der Waals surface area contributed by atoms with Crippen molar-refractivity contribution in [3.8, 4) is 0 Å². The maximum atomic E-state index is 10.8. The Kier molecular flexibility index (Phi) is 25.9. The van der Waals surface area contributed by atoms with Crippen molar-refractivity contribution in [2.45, 2.75) is 194 Å². The fourth-order valence-corrected chi connectivity index (χ4v) is 7.86. The molecule has 0 rings (SSSR count). The van der Waals surface area contributed by atoms with Crippen molar-refractivity contribution >= 4 is 7.06 Å². The number of hydrogen-bond donors (Lipinski definition) is 2. The fourth-order valence-electron chi connectivity index (χ4n) is 5.55. The molecule has 0 aliphatic rings. The van der Waals surface area contributed by atoms with Gasteiger partial charge in [0.25, 0.3) is 0 Å². The van der Waals surface area contributed by atoms with Crippen molar-refractivity contribution in [2.24, 2.45) is 0 Å². The summed E-state index contributed by atoms with van der Waals surface area (Å²) in [4.78, 5) is 21.7. The van der Waals surface area contributed by atoms with Crippen LogP contribution in [0.3, 0.4) is 0 Å². The zero-order valence-corrected chi connectivity index (χ0v) is 26.4. The third kappa shape index (κ3) is 28.9. The van der Waals surface area contributed by atoms with Gasteiger partial charge in [-0.1, -0.05) is 52.4 Å². The van der Waals surface area contributed by atoms with Crippen LogP contribution in [0, 0.1) is 0 Å². The predicted octanol–water partition coefficient (Wildman–Crippen LogP) is 11.9. The van der Waals surface area contributed by atoms with Gasteiger partial charge in [0, 0.05) is 0 Å². The van der Waals surface area contributed by atoms with Gasteiger partial charge < -0.3 is 0 Å². The van der Waals surface area contributed by atoms with Crippen LogP contribution in [0.1, 0.15) is 194 Å². The van der Waals surface area contributed by atoms with Crippen molar-refractivity contribution in [1.82, 2.24) is 0 Å². The zero-order chi connectivity index (χ0) is 26.7. The minimum atomic E-state index is -3.38. The van der Waals surface area contributed by atoms with Gasteiger partial charge >= 0.3 is 177 Å². The first-order chi connectivity index (χ1) is 17.4. The molecule has 0 atom stereocenters. The molecule has 0 fully saturated rings. The van der Waals surface area contributed by atoms with E-state index in [0.717, 1.165) is 12.8 Å². The van der Waals surface area contributed by atoms with Crippen LogP contribution in [-0.2, 0) is 0 Å². The van der Waals surface area contributed by atoms with E-state index in [1.54, 1.807) is 6.66 Å². The van der Waals surface area contributed by atoms with E-state index >= 15 is 0 Å². The first-order valence-electron chi connectivity index (χ1n) is 16.9. The molecular weight excluding hydrogens is 459 g/mol. The third-order valence-electron chi connectivity index (χ3n) is 8.19. The molecule has 2 N–H and O–H groups in total. The van der Waals surface area contributed by atoms with Gasteiger partial charge in [-0.15, -0.1) is 0 Å². The van der Waals surface area contributed by atoms with Gasteiger partial charge in [0.05, 0.1) is 0 Å². The Morgan fingerprint density at radius 3 is 0.667 bits per heavy atom. The molecule has 0 saturated carbocycles. The van der Waals surface area contributed by atoms with Crippen LogP contribution in [0.4, 0.5) is 0 Å². The first kappa shape index (κ1) is 36.4.